The van der Waals surface area contributed by atoms with Gasteiger partial charge in [0.1, 0.15) is 11.5 Å². The maximum Gasteiger partial charge on any atom is 0.307 e. The molecule has 6 heteroatoms. The Hall–Kier alpha value is -3.90. The van der Waals surface area contributed by atoms with Crippen molar-refractivity contribution in [3.05, 3.63) is 82.9 Å². The molecule has 0 bridgehead atoms. The first-order valence-electron chi connectivity index (χ1n) is 20.9. The Morgan fingerprint density at radius 2 is 1.15 bits per heavy atom. The SMILES string of the molecule is CCOC(=O)CCNCc1c(OC2CCC(C(C)(C)C)CC2)cc(C)c2ccccc12.Cc1cc(OC2CCC(C(C)(C)C)CC2)c(C=O)c2ccccc12. The fourth-order valence-electron chi connectivity index (χ4n) is 8.73. The number of carbonyl (C=O) groups is 2. The monoisotopic (exact) mass is 750 g/mol. The van der Waals surface area contributed by atoms with E-state index in [1.807, 2.05) is 31.2 Å². The number of fused-ring (bicyclic) bond motifs is 2. The van der Waals surface area contributed by atoms with Crippen molar-refractivity contribution in [3.63, 3.8) is 0 Å². The number of nitrogens with one attached hydrogen (secondary N) is 1. The minimum absolute atomic E-state index is 0.157. The molecule has 0 amide bonds. The summed E-state index contributed by atoms with van der Waals surface area (Å²) in [5, 5.41) is 8.03. The van der Waals surface area contributed by atoms with Crippen LogP contribution in [0.25, 0.3) is 21.5 Å². The number of carbonyl (C=O) groups excluding carboxylic acids is 2. The van der Waals surface area contributed by atoms with Crippen molar-refractivity contribution < 1.29 is 23.8 Å². The van der Waals surface area contributed by atoms with E-state index in [0.29, 0.717) is 42.5 Å². The summed E-state index contributed by atoms with van der Waals surface area (Å²) in [6.45, 7) is 21.8. The molecule has 0 unspecified atom stereocenters. The van der Waals surface area contributed by atoms with E-state index in [1.54, 1.807) is 0 Å². The van der Waals surface area contributed by atoms with Gasteiger partial charge in [-0.2, -0.15) is 0 Å². The number of hydrogen-bond donors (Lipinski definition) is 1. The Morgan fingerprint density at radius 3 is 1.64 bits per heavy atom. The highest BCUT2D eigenvalue weighted by Gasteiger charge is 2.32. The van der Waals surface area contributed by atoms with E-state index in [2.05, 4.69) is 97.1 Å². The molecule has 4 aromatic carbocycles. The van der Waals surface area contributed by atoms with Crippen LogP contribution in [0.2, 0.25) is 0 Å². The first-order valence-corrected chi connectivity index (χ1v) is 20.9. The third-order valence-electron chi connectivity index (χ3n) is 12.2. The van der Waals surface area contributed by atoms with Gasteiger partial charge in [-0.25, -0.2) is 0 Å². The molecule has 2 fully saturated rings. The lowest BCUT2D eigenvalue weighted by molar-refractivity contribution is -0.142. The van der Waals surface area contributed by atoms with E-state index in [0.717, 1.165) is 71.6 Å². The maximum absolute atomic E-state index is 11.7. The third kappa shape index (κ3) is 11.1. The van der Waals surface area contributed by atoms with Gasteiger partial charge in [-0.05, 0) is 140 Å². The summed E-state index contributed by atoms with van der Waals surface area (Å²) in [6.07, 6.45) is 11.1. The second-order valence-electron chi connectivity index (χ2n) is 18.1. The lowest BCUT2D eigenvalue weighted by atomic mass is 9.72. The molecule has 298 valence electrons. The molecule has 2 aliphatic rings. The Bertz CT molecular complexity index is 1880. The van der Waals surface area contributed by atoms with Crippen LogP contribution in [-0.2, 0) is 16.1 Å². The van der Waals surface area contributed by atoms with Crippen molar-refractivity contribution in [2.75, 3.05) is 13.2 Å². The topological polar surface area (TPSA) is 73.9 Å². The van der Waals surface area contributed by atoms with Gasteiger partial charge in [0.25, 0.3) is 0 Å². The average molecular weight is 750 g/mol. The molecule has 0 atom stereocenters. The molecule has 2 aliphatic carbocycles. The molecule has 0 aliphatic heterocycles. The number of ether oxygens (including phenoxy) is 3. The van der Waals surface area contributed by atoms with Gasteiger partial charge in [0.2, 0.25) is 0 Å². The summed E-state index contributed by atoms with van der Waals surface area (Å²) >= 11 is 0. The van der Waals surface area contributed by atoms with Gasteiger partial charge in [-0.1, -0.05) is 90.1 Å². The van der Waals surface area contributed by atoms with Crippen LogP contribution in [0.5, 0.6) is 11.5 Å². The molecule has 2 saturated carbocycles. The van der Waals surface area contributed by atoms with Gasteiger partial charge < -0.3 is 19.5 Å². The van der Waals surface area contributed by atoms with Gasteiger partial charge in [0.15, 0.2) is 6.29 Å². The summed E-state index contributed by atoms with van der Waals surface area (Å²) in [5.74, 6) is 3.12. The van der Waals surface area contributed by atoms with E-state index < -0.39 is 0 Å². The minimum Gasteiger partial charge on any atom is -0.490 e. The van der Waals surface area contributed by atoms with Gasteiger partial charge >= 0.3 is 5.97 Å². The normalized spacial score (nSPS) is 20.4. The number of rotatable bonds is 11. The molecule has 4 aromatic rings. The molecular formula is C49H67NO5. The van der Waals surface area contributed by atoms with Gasteiger partial charge in [0.05, 0.1) is 30.8 Å². The maximum atomic E-state index is 11.7. The number of benzene rings is 4. The fraction of sp³-hybridized carbons (Fsp3) is 0.551. The van der Waals surface area contributed by atoms with Crippen molar-refractivity contribution in [1.29, 1.82) is 0 Å². The number of aldehydes is 1. The highest BCUT2D eigenvalue weighted by molar-refractivity contribution is 6.02. The van der Waals surface area contributed by atoms with Crippen molar-refractivity contribution in [2.24, 2.45) is 22.7 Å². The zero-order valence-corrected chi connectivity index (χ0v) is 35.2. The highest BCUT2D eigenvalue weighted by atomic mass is 16.5. The zero-order valence-electron chi connectivity index (χ0n) is 35.2. The van der Waals surface area contributed by atoms with E-state index in [9.17, 15) is 9.59 Å². The fourth-order valence-corrected chi connectivity index (χ4v) is 8.73. The summed E-state index contributed by atoms with van der Waals surface area (Å²) in [7, 11) is 0. The van der Waals surface area contributed by atoms with E-state index in [4.69, 9.17) is 14.2 Å². The van der Waals surface area contributed by atoms with E-state index in [1.165, 1.54) is 47.6 Å². The summed E-state index contributed by atoms with van der Waals surface area (Å²) in [5.41, 5.74) is 5.02. The van der Waals surface area contributed by atoms with Crippen LogP contribution < -0.4 is 14.8 Å². The van der Waals surface area contributed by atoms with Crippen LogP contribution >= 0.6 is 0 Å². The largest absolute Gasteiger partial charge is 0.490 e. The van der Waals surface area contributed by atoms with Gasteiger partial charge in [-0.15, -0.1) is 0 Å². The number of aryl methyl sites for hydroxylation is 2. The highest BCUT2D eigenvalue weighted by Crippen LogP contribution is 2.41. The lowest BCUT2D eigenvalue weighted by Crippen LogP contribution is -2.31. The summed E-state index contributed by atoms with van der Waals surface area (Å²) < 4.78 is 18.0. The molecule has 1 N–H and O–H groups in total. The molecule has 0 aromatic heterocycles. The average Bonchev–Trinajstić information content (AvgIpc) is 3.15. The second-order valence-corrected chi connectivity index (χ2v) is 18.1. The molecule has 0 radical (unpaired) electrons. The minimum atomic E-state index is -0.157. The van der Waals surface area contributed by atoms with Crippen LogP contribution in [0, 0.1) is 36.5 Å². The zero-order chi connectivity index (χ0) is 39.8. The first-order chi connectivity index (χ1) is 26.2. The van der Waals surface area contributed by atoms with Crippen LogP contribution in [-0.4, -0.2) is 37.6 Å². The molecule has 0 spiro atoms. The Labute approximate surface area is 331 Å². The Morgan fingerprint density at radius 1 is 0.691 bits per heavy atom. The predicted molar refractivity (Wildman–Crippen MR) is 227 cm³/mol. The first kappa shape index (κ1) is 42.2. The van der Waals surface area contributed by atoms with Gasteiger partial charge in [0, 0.05) is 18.7 Å². The van der Waals surface area contributed by atoms with Crippen molar-refractivity contribution in [1.82, 2.24) is 5.32 Å². The number of esters is 1. The van der Waals surface area contributed by atoms with Crippen LogP contribution in [0.15, 0.2) is 60.7 Å². The van der Waals surface area contributed by atoms with E-state index >= 15 is 0 Å². The van der Waals surface area contributed by atoms with Crippen molar-refractivity contribution >= 4 is 33.8 Å². The Kier molecular flexibility index (Phi) is 14.5. The second kappa shape index (κ2) is 18.8. The molecule has 55 heavy (non-hydrogen) atoms. The van der Waals surface area contributed by atoms with Crippen LogP contribution in [0.4, 0.5) is 0 Å². The Balaban J connectivity index is 0.000000218. The predicted octanol–water partition coefficient (Wildman–Crippen LogP) is 12.1. The van der Waals surface area contributed by atoms with Crippen LogP contribution in [0.1, 0.15) is 133 Å². The quantitative estimate of drug-likeness (QED) is 0.0935. The molecule has 0 saturated heterocycles. The molecule has 0 heterocycles. The van der Waals surface area contributed by atoms with Crippen molar-refractivity contribution in [3.8, 4) is 11.5 Å². The number of hydrogen-bond acceptors (Lipinski definition) is 6. The third-order valence-corrected chi connectivity index (χ3v) is 12.2. The molecular weight excluding hydrogens is 683 g/mol. The molecule has 6 rings (SSSR count). The van der Waals surface area contributed by atoms with Crippen molar-refractivity contribution in [2.45, 2.75) is 139 Å². The lowest BCUT2D eigenvalue weighted by Gasteiger charge is -2.37. The smallest absolute Gasteiger partial charge is 0.307 e. The van der Waals surface area contributed by atoms with E-state index in [-0.39, 0.29) is 18.2 Å². The van der Waals surface area contributed by atoms with Crippen LogP contribution in [0.3, 0.4) is 0 Å². The summed E-state index contributed by atoms with van der Waals surface area (Å²) in [4.78, 5) is 23.3. The molecule has 6 nitrogen and oxygen atoms in total. The summed E-state index contributed by atoms with van der Waals surface area (Å²) in [6, 6.07) is 20.8. The van der Waals surface area contributed by atoms with Gasteiger partial charge in [-0.3, -0.25) is 9.59 Å². The standard InChI is InChI=1S/C27H39NO3.C22H28O2/c1-6-30-26(29)15-16-28-18-24-23-10-8-7-9-22(23)19(2)17-25(24)31-21-13-11-20(12-14-21)27(3,4)5;1-15-13-21(20(14-23)19-8-6-5-7-18(15)19)24-17-11-9-16(10-12-17)22(2,3)4/h7-10,17,20-21,28H,6,11-16,18H2,1-5H3;5-8,13-14,16-17H,9-12H2,1-4H3.